The zero-order valence-electron chi connectivity index (χ0n) is 11.2. The number of piperidine rings is 1. The molecule has 0 radical (unpaired) electrons. The monoisotopic (exact) mass is 288 g/mol. The van der Waals surface area contributed by atoms with Gasteiger partial charge in [-0.15, -0.1) is 12.4 Å². The maximum atomic E-state index is 13.2. The highest BCUT2D eigenvalue weighted by molar-refractivity contribution is 5.85. The van der Waals surface area contributed by atoms with Gasteiger partial charge in [-0.3, -0.25) is 4.90 Å². The predicted octanol–water partition coefficient (Wildman–Crippen LogP) is 2.65. The van der Waals surface area contributed by atoms with Crippen molar-refractivity contribution in [2.24, 2.45) is 5.73 Å². The highest BCUT2D eigenvalue weighted by atomic mass is 35.5. The molecule has 1 saturated heterocycles. The second kappa shape index (κ2) is 7.08. The Bertz CT molecular complexity index is 394. The maximum absolute atomic E-state index is 13.2. The fourth-order valence-electron chi connectivity index (χ4n) is 2.77. The van der Waals surface area contributed by atoms with Crippen molar-refractivity contribution < 1.29 is 9.50 Å². The van der Waals surface area contributed by atoms with Crippen molar-refractivity contribution in [2.75, 3.05) is 6.54 Å². The van der Waals surface area contributed by atoms with E-state index in [-0.39, 0.29) is 30.0 Å². The largest absolute Gasteiger partial charge is 0.508 e. The van der Waals surface area contributed by atoms with Crippen molar-refractivity contribution in [1.82, 2.24) is 4.90 Å². The summed E-state index contributed by atoms with van der Waals surface area (Å²) in [7, 11) is 0. The summed E-state index contributed by atoms with van der Waals surface area (Å²) in [6.45, 7) is 3.66. The number of likely N-dealkylation sites (tertiary alicyclic amines) is 1. The molecule has 108 valence electrons. The van der Waals surface area contributed by atoms with Gasteiger partial charge in [-0.05, 0) is 44.0 Å². The van der Waals surface area contributed by atoms with E-state index < -0.39 is 0 Å². The van der Waals surface area contributed by atoms with Crippen molar-refractivity contribution in [1.29, 1.82) is 0 Å². The van der Waals surface area contributed by atoms with Gasteiger partial charge >= 0.3 is 0 Å². The van der Waals surface area contributed by atoms with Crippen LogP contribution in [0.2, 0.25) is 0 Å². The lowest BCUT2D eigenvalue weighted by molar-refractivity contribution is 0.123. The van der Waals surface area contributed by atoms with E-state index in [2.05, 4.69) is 4.90 Å². The molecule has 2 unspecified atom stereocenters. The Morgan fingerprint density at radius 3 is 2.79 bits per heavy atom. The lowest BCUT2D eigenvalue weighted by atomic mass is 9.96. The molecule has 0 aliphatic carbocycles. The Morgan fingerprint density at radius 2 is 2.16 bits per heavy atom. The number of rotatable bonds is 3. The van der Waals surface area contributed by atoms with E-state index in [1.807, 2.05) is 6.92 Å². The molecule has 0 spiro atoms. The van der Waals surface area contributed by atoms with Gasteiger partial charge in [0.2, 0.25) is 0 Å². The number of phenols is 1. The number of benzene rings is 1. The number of hydrogen-bond acceptors (Lipinski definition) is 3. The van der Waals surface area contributed by atoms with Crippen LogP contribution in [-0.4, -0.2) is 28.6 Å². The van der Waals surface area contributed by atoms with E-state index >= 15 is 0 Å². The molecule has 3 nitrogen and oxygen atoms in total. The molecule has 1 fully saturated rings. The zero-order chi connectivity index (χ0) is 13.1. The van der Waals surface area contributed by atoms with Crippen LogP contribution in [0.3, 0.4) is 0 Å². The van der Waals surface area contributed by atoms with Gasteiger partial charge in [0.15, 0.2) is 0 Å². The first-order valence-electron chi connectivity index (χ1n) is 6.54. The first kappa shape index (κ1) is 16.2. The Kier molecular flexibility index (Phi) is 6.04. The Balaban J connectivity index is 0.00000180. The molecule has 1 aliphatic heterocycles. The topological polar surface area (TPSA) is 49.5 Å². The minimum Gasteiger partial charge on any atom is -0.508 e. The molecule has 0 amide bonds. The summed E-state index contributed by atoms with van der Waals surface area (Å²) in [5.74, 6) is -0.404. The van der Waals surface area contributed by atoms with Crippen LogP contribution in [0, 0.1) is 5.82 Å². The summed E-state index contributed by atoms with van der Waals surface area (Å²) in [4.78, 5) is 2.29. The Morgan fingerprint density at radius 1 is 1.42 bits per heavy atom. The second-order valence-electron chi connectivity index (χ2n) is 5.21. The summed E-state index contributed by atoms with van der Waals surface area (Å²) in [5.41, 5.74) is 6.81. The maximum Gasteiger partial charge on any atom is 0.127 e. The van der Waals surface area contributed by atoms with E-state index in [0.29, 0.717) is 12.6 Å². The number of aromatic hydroxyl groups is 1. The molecule has 3 N–H and O–H groups in total. The molecule has 1 aliphatic rings. The Labute approximate surface area is 120 Å². The summed E-state index contributed by atoms with van der Waals surface area (Å²) < 4.78 is 13.2. The van der Waals surface area contributed by atoms with Crippen LogP contribution in [0.5, 0.6) is 5.75 Å². The molecule has 2 atom stereocenters. The van der Waals surface area contributed by atoms with E-state index in [4.69, 9.17) is 5.73 Å². The van der Waals surface area contributed by atoms with Crippen molar-refractivity contribution in [3.05, 3.63) is 29.6 Å². The third kappa shape index (κ3) is 4.34. The van der Waals surface area contributed by atoms with Crippen molar-refractivity contribution in [3.8, 4) is 5.75 Å². The third-order valence-corrected chi connectivity index (χ3v) is 3.60. The summed E-state index contributed by atoms with van der Waals surface area (Å²) in [6.07, 6.45) is 3.46. The quantitative estimate of drug-likeness (QED) is 0.899. The third-order valence-electron chi connectivity index (χ3n) is 3.60. The molecule has 19 heavy (non-hydrogen) atoms. The minimum absolute atomic E-state index is 0. The van der Waals surface area contributed by atoms with Gasteiger partial charge in [-0.1, -0.05) is 6.42 Å². The highest BCUT2D eigenvalue weighted by Crippen LogP contribution is 2.23. The van der Waals surface area contributed by atoms with E-state index in [9.17, 15) is 9.50 Å². The zero-order valence-corrected chi connectivity index (χ0v) is 12.0. The average Bonchev–Trinajstić information content (AvgIpc) is 2.27. The lowest BCUT2D eigenvalue weighted by Gasteiger charge is -2.38. The van der Waals surface area contributed by atoms with Crippen LogP contribution >= 0.6 is 12.4 Å². The molecule has 0 bridgehead atoms. The highest BCUT2D eigenvalue weighted by Gasteiger charge is 2.25. The lowest BCUT2D eigenvalue weighted by Crippen LogP contribution is -2.48. The number of hydrogen-bond donors (Lipinski definition) is 2. The van der Waals surface area contributed by atoms with Crippen LogP contribution in [-0.2, 0) is 6.54 Å². The minimum atomic E-state index is -0.389. The molecule has 5 heteroatoms. The molecule has 2 rings (SSSR count). The van der Waals surface area contributed by atoms with Crippen LogP contribution in [0.1, 0.15) is 31.7 Å². The van der Waals surface area contributed by atoms with Gasteiger partial charge in [-0.2, -0.15) is 0 Å². The van der Waals surface area contributed by atoms with Gasteiger partial charge in [0.05, 0.1) is 0 Å². The van der Waals surface area contributed by atoms with E-state index in [1.165, 1.54) is 12.5 Å². The molecule has 1 aromatic carbocycles. The smallest absolute Gasteiger partial charge is 0.127 e. The van der Waals surface area contributed by atoms with Crippen LogP contribution in [0.15, 0.2) is 18.2 Å². The van der Waals surface area contributed by atoms with E-state index in [0.717, 1.165) is 31.0 Å². The van der Waals surface area contributed by atoms with Gasteiger partial charge < -0.3 is 10.8 Å². The fraction of sp³-hybridized carbons (Fsp3) is 0.571. The van der Waals surface area contributed by atoms with Gasteiger partial charge in [-0.25, -0.2) is 4.39 Å². The first-order valence-corrected chi connectivity index (χ1v) is 6.54. The van der Waals surface area contributed by atoms with Crippen molar-refractivity contribution in [2.45, 2.75) is 44.8 Å². The number of nitrogens with zero attached hydrogens (tertiary/aromatic N) is 1. The van der Waals surface area contributed by atoms with Gasteiger partial charge in [0.1, 0.15) is 11.6 Å². The summed E-state index contributed by atoms with van der Waals surface area (Å²) >= 11 is 0. The number of nitrogens with two attached hydrogens (primary N) is 1. The summed E-state index contributed by atoms with van der Waals surface area (Å²) in [5, 5.41) is 9.42. The molecule has 1 heterocycles. The number of halogens is 2. The van der Waals surface area contributed by atoms with E-state index in [1.54, 1.807) is 6.07 Å². The molecule has 0 saturated carbocycles. The van der Waals surface area contributed by atoms with Crippen molar-refractivity contribution in [3.63, 3.8) is 0 Å². The molecule has 0 aromatic heterocycles. The predicted molar refractivity (Wildman–Crippen MR) is 77.0 cm³/mol. The average molecular weight is 289 g/mol. The second-order valence-corrected chi connectivity index (χ2v) is 5.21. The van der Waals surface area contributed by atoms with Crippen LogP contribution < -0.4 is 5.73 Å². The molecular weight excluding hydrogens is 267 g/mol. The van der Waals surface area contributed by atoms with Crippen LogP contribution in [0.25, 0.3) is 0 Å². The standard InChI is InChI=1S/C14H21FN2O.ClH/c1-10(16)14-4-2-3-5-17(14)9-11-6-12(15)8-13(18)7-11;/h6-8,10,14,18H,2-5,9,16H2,1H3;1H. The SMILES string of the molecule is CC(N)C1CCCCN1Cc1cc(O)cc(F)c1.Cl. The van der Waals surface area contributed by atoms with Gasteiger partial charge in [0.25, 0.3) is 0 Å². The molecule has 1 aromatic rings. The Hall–Kier alpha value is -0.840. The van der Waals surface area contributed by atoms with Gasteiger partial charge in [0, 0.05) is 24.7 Å². The number of phenolic OH excluding ortho intramolecular Hbond substituents is 1. The normalized spacial score (nSPS) is 21.7. The van der Waals surface area contributed by atoms with Crippen LogP contribution in [0.4, 0.5) is 4.39 Å². The summed E-state index contributed by atoms with van der Waals surface area (Å²) in [6, 6.07) is 4.70. The first-order chi connectivity index (χ1) is 8.56. The molecular formula is C14H22ClFN2O. The van der Waals surface area contributed by atoms with Crippen molar-refractivity contribution >= 4 is 12.4 Å². The fourth-order valence-corrected chi connectivity index (χ4v) is 2.77.